The molecule has 2 aromatic rings. The fourth-order valence-corrected chi connectivity index (χ4v) is 2.98. The molecule has 24 heavy (non-hydrogen) atoms. The molecule has 2 heterocycles. The molecule has 0 bridgehead atoms. The minimum absolute atomic E-state index is 0.175. The van der Waals surface area contributed by atoms with Crippen LogP contribution in [0.1, 0.15) is 11.3 Å². The van der Waals surface area contributed by atoms with Gasteiger partial charge in [0.15, 0.2) is 5.09 Å². The molecule has 0 spiro atoms. The lowest BCUT2D eigenvalue weighted by Gasteiger charge is -2.06. The summed E-state index contributed by atoms with van der Waals surface area (Å²) in [6, 6.07) is 11.3. The molecule has 6 heteroatoms. The average molecular weight is 340 g/mol. The quantitative estimate of drug-likeness (QED) is 0.511. The third-order valence-electron chi connectivity index (χ3n) is 3.40. The van der Waals surface area contributed by atoms with Crippen LogP contribution in [0.4, 0.5) is 4.79 Å². The van der Waals surface area contributed by atoms with Gasteiger partial charge in [-0.25, -0.2) is 4.79 Å². The van der Waals surface area contributed by atoms with Gasteiger partial charge in [0.1, 0.15) is 11.5 Å². The largest absolute Gasteiger partial charge is 0.450 e. The maximum absolute atomic E-state index is 12.1. The molecule has 0 unspecified atom stereocenters. The molecule has 3 amide bonds. The van der Waals surface area contributed by atoms with Gasteiger partial charge in [0.2, 0.25) is 0 Å². The summed E-state index contributed by atoms with van der Waals surface area (Å²) in [5, 5.41) is 3.25. The number of carbonyl (C=O) groups is 2. The number of furan rings is 1. The summed E-state index contributed by atoms with van der Waals surface area (Å²) in [5.41, 5.74) is 1.40. The van der Waals surface area contributed by atoms with Gasteiger partial charge in [0.25, 0.3) is 5.91 Å². The van der Waals surface area contributed by atoms with Gasteiger partial charge in [-0.1, -0.05) is 35.5 Å². The van der Waals surface area contributed by atoms with Gasteiger partial charge in [-0.2, -0.15) is 0 Å². The first-order valence-electron chi connectivity index (χ1n) is 7.36. The van der Waals surface area contributed by atoms with Crippen LogP contribution < -0.4 is 5.32 Å². The molecule has 1 fully saturated rings. The Morgan fingerprint density at radius 2 is 1.96 bits per heavy atom. The fraction of sp³-hybridized carbons (Fsp3) is 0.111. The van der Waals surface area contributed by atoms with Crippen molar-refractivity contribution in [1.82, 2.24) is 10.2 Å². The molecule has 1 aliphatic heterocycles. The van der Waals surface area contributed by atoms with Crippen LogP contribution in [0.25, 0.3) is 6.08 Å². The Bertz CT molecular complexity index is 821. The molecule has 1 aliphatic rings. The van der Waals surface area contributed by atoms with Crippen LogP contribution in [0.15, 0.2) is 69.2 Å². The second kappa shape index (κ2) is 6.80. The SMILES string of the molecule is C=CCN1C(=O)N/C(=C/c2ccc(Sc3ccc(C)cc3)o2)C1=O. The highest BCUT2D eigenvalue weighted by atomic mass is 32.2. The summed E-state index contributed by atoms with van der Waals surface area (Å²) in [5.74, 6) is 0.123. The van der Waals surface area contributed by atoms with E-state index in [1.54, 1.807) is 6.07 Å². The van der Waals surface area contributed by atoms with Crippen LogP contribution in [0, 0.1) is 6.92 Å². The van der Waals surface area contributed by atoms with Crippen molar-refractivity contribution in [2.75, 3.05) is 6.54 Å². The van der Waals surface area contributed by atoms with Gasteiger partial charge < -0.3 is 9.73 Å². The number of nitrogens with zero attached hydrogens (tertiary/aromatic N) is 1. The van der Waals surface area contributed by atoms with Crippen molar-refractivity contribution in [2.24, 2.45) is 0 Å². The number of hydrogen-bond donors (Lipinski definition) is 1. The smallest absolute Gasteiger partial charge is 0.329 e. The number of aryl methyl sites for hydroxylation is 1. The number of rotatable bonds is 5. The molecule has 0 atom stereocenters. The predicted molar refractivity (Wildman–Crippen MR) is 92.4 cm³/mol. The standard InChI is InChI=1S/C18H16N2O3S/c1-3-10-20-17(21)15(19-18(20)22)11-13-6-9-16(23-13)24-14-7-4-12(2)5-8-14/h3-9,11H,1,10H2,2H3,(H,19,22)/b15-11+. The minimum Gasteiger partial charge on any atom is -0.450 e. The van der Waals surface area contributed by atoms with Gasteiger partial charge in [-0.3, -0.25) is 9.69 Å². The summed E-state index contributed by atoms with van der Waals surface area (Å²) in [6.07, 6.45) is 3.03. The minimum atomic E-state index is -0.452. The third-order valence-corrected chi connectivity index (χ3v) is 4.33. The van der Waals surface area contributed by atoms with Crippen LogP contribution in [-0.4, -0.2) is 23.4 Å². The van der Waals surface area contributed by atoms with Gasteiger partial charge >= 0.3 is 6.03 Å². The molecular weight excluding hydrogens is 324 g/mol. The van der Waals surface area contributed by atoms with E-state index in [-0.39, 0.29) is 18.1 Å². The van der Waals surface area contributed by atoms with E-state index >= 15 is 0 Å². The molecule has 1 N–H and O–H groups in total. The number of urea groups is 1. The molecule has 5 nitrogen and oxygen atoms in total. The van der Waals surface area contributed by atoms with Gasteiger partial charge in [-0.15, -0.1) is 6.58 Å². The maximum atomic E-state index is 12.1. The first kappa shape index (κ1) is 16.1. The number of hydrogen-bond acceptors (Lipinski definition) is 4. The summed E-state index contributed by atoms with van der Waals surface area (Å²) < 4.78 is 5.70. The van der Waals surface area contributed by atoms with Crippen molar-refractivity contribution < 1.29 is 14.0 Å². The first-order chi connectivity index (χ1) is 11.6. The Labute approximate surface area is 144 Å². The van der Waals surface area contributed by atoms with Crippen LogP contribution in [0.3, 0.4) is 0 Å². The lowest BCUT2D eigenvalue weighted by Crippen LogP contribution is -2.30. The van der Waals surface area contributed by atoms with Crippen LogP contribution in [0.5, 0.6) is 0 Å². The van der Waals surface area contributed by atoms with Crippen molar-refractivity contribution >= 4 is 29.8 Å². The van der Waals surface area contributed by atoms with Crippen molar-refractivity contribution in [3.63, 3.8) is 0 Å². The number of imide groups is 1. The molecule has 1 saturated heterocycles. The maximum Gasteiger partial charge on any atom is 0.329 e. The third kappa shape index (κ3) is 3.44. The molecule has 1 aromatic carbocycles. The van der Waals surface area contributed by atoms with E-state index in [0.717, 1.165) is 9.80 Å². The van der Waals surface area contributed by atoms with E-state index in [0.29, 0.717) is 10.9 Å². The van der Waals surface area contributed by atoms with E-state index < -0.39 is 6.03 Å². The molecule has 122 valence electrons. The predicted octanol–water partition coefficient (Wildman–Crippen LogP) is 3.82. The second-order valence-electron chi connectivity index (χ2n) is 5.26. The van der Waals surface area contributed by atoms with Crippen LogP contribution in [0.2, 0.25) is 0 Å². The summed E-state index contributed by atoms with van der Waals surface area (Å²) in [6.45, 7) is 5.75. The zero-order chi connectivity index (χ0) is 17.1. The molecular formula is C18H16N2O3S. The summed E-state index contributed by atoms with van der Waals surface area (Å²) >= 11 is 1.49. The normalized spacial score (nSPS) is 15.9. The van der Waals surface area contributed by atoms with E-state index in [1.807, 2.05) is 37.3 Å². The molecule has 0 radical (unpaired) electrons. The average Bonchev–Trinajstić information content (AvgIpc) is 3.10. The first-order valence-corrected chi connectivity index (χ1v) is 8.18. The van der Waals surface area contributed by atoms with Gasteiger partial charge in [-0.05, 0) is 31.2 Å². The number of carbonyl (C=O) groups excluding carboxylic acids is 2. The highest BCUT2D eigenvalue weighted by molar-refractivity contribution is 7.99. The Morgan fingerprint density at radius 1 is 1.21 bits per heavy atom. The van der Waals surface area contributed by atoms with Crippen molar-refractivity contribution in [3.8, 4) is 0 Å². The molecule has 3 rings (SSSR count). The Morgan fingerprint density at radius 3 is 2.67 bits per heavy atom. The highest BCUT2D eigenvalue weighted by Gasteiger charge is 2.32. The second-order valence-corrected chi connectivity index (χ2v) is 6.34. The lowest BCUT2D eigenvalue weighted by molar-refractivity contribution is -0.122. The topological polar surface area (TPSA) is 62.6 Å². The lowest BCUT2D eigenvalue weighted by atomic mass is 10.2. The summed E-state index contributed by atoms with van der Waals surface area (Å²) in [4.78, 5) is 26.0. The van der Waals surface area contributed by atoms with E-state index in [9.17, 15) is 9.59 Å². The van der Waals surface area contributed by atoms with E-state index in [1.165, 1.54) is 29.5 Å². The number of benzene rings is 1. The highest BCUT2D eigenvalue weighted by Crippen LogP contribution is 2.30. The van der Waals surface area contributed by atoms with E-state index in [2.05, 4.69) is 11.9 Å². The Balaban J connectivity index is 1.74. The van der Waals surface area contributed by atoms with Crippen molar-refractivity contribution in [2.45, 2.75) is 16.9 Å². The Kier molecular flexibility index (Phi) is 4.57. The van der Waals surface area contributed by atoms with E-state index in [4.69, 9.17) is 4.42 Å². The molecule has 0 saturated carbocycles. The monoisotopic (exact) mass is 340 g/mol. The number of amides is 3. The van der Waals surface area contributed by atoms with Gasteiger partial charge in [0, 0.05) is 17.5 Å². The van der Waals surface area contributed by atoms with Crippen LogP contribution in [-0.2, 0) is 4.79 Å². The van der Waals surface area contributed by atoms with Gasteiger partial charge in [0.05, 0.1) is 0 Å². The zero-order valence-electron chi connectivity index (χ0n) is 13.1. The van der Waals surface area contributed by atoms with Crippen molar-refractivity contribution in [1.29, 1.82) is 0 Å². The fourth-order valence-electron chi connectivity index (χ4n) is 2.20. The number of nitrogens with one attached hydrogen (secondary N) is 1. The molecule has 1 aromatic heterocycles. The van der Waals surface area contributed by atoms with Crippen molar-refractivity contribution in [3.05, 3.63) is 66.1 Å². The zero-order valence-corrected chi connectivity index (χ0v) is 13.9. The Hall–Kier alpha value is -2.73. The summed E-state index contributed by atoms with van der Waals surface area (Å²) in [7, 11) is 0. The van der Waals surface area contributed by atoms with Crippen LogP contribution >= 0.6 is 11.8 Å². The molecule has 0 aliphatic carbocycles.